The normalized spacial score (nSPS) is 14.6. The van der Waals surface area contributed by atoms with Gasteiger partial charge in [0.15, 0.2) is 0 Å². The van der Waals surface area contributed by atoms with Gasteiger partial charge in [-0.25, -0.2) is 0 Å². The van der Waals surface area contributed by atoms with Gasteiger partial charge < -0.3 is 5.32 Å². The zero-order chi connectivity index (χ0) is 12.1. The SMILES string of the molecule is Cc1cc(C#N)ccc1CNCCCC1CC1. The summed E-state index contributed by atoms with van der Waals surface area (Å²) in [4.78, 5) is 0. The molecule has 1 aliphatic rings. The van der Waals surface area contributed by atoms with Crippen molar-refractivity contribution >= 4 is 0 Å². The summed E-state index contributed by atoms with van der Waals surface area (Å²) >= 11 is 0. The number of rotatable bonds is 6. The molecule has 1 fully saturated rings. The molecule has 0 heterocycles. The Labute approximate surface area is 104 Å². The summed E-state index contributed by atoms with van der Waals surface area (Å²) in [5.74, 6) is 1.04. The van der Waals surface area contributed by atoms with Gasteiger partial charge in [0.1, 0.15) is 0 Å². The van der Waals surface area contributed by atoms with Crippen LogP contribution in [0, 0.1) is 24.2 Å². The molecular weight excluding hydrogens is 208 g/mol. The Morgan fingerprint density at radius 3 is 2.88 bits per heavy atom. The van der Waals surface area contributed by atoms with Crippen LogP contribution in [0.25, 0.3) is 0 Å². The fourth-order valence-corrected chi connectivity index (χ4v) is 2.11. The van der Waals surface area contributed by atoms with Crippen molar-refractivity contribution in [3.63, 3.8) is 0 Å². The quantitative estimate of drug-likeness (QED) is 0.759. The Morgan fingerprint density at radius 1 is 1.41 bits per heavy atom. The lowest BCUT2D eigenvalue weighted by atomic mass is 10.1. The minimum absolute atomic E-state index is 0.750. The van der Waals surface area contributed by atoms with E-state index in [0.29, 0.717) is 0 Å². The van der Waals surface area contributed by atoms with Crippen LogP contribution >= 0.6 is 0 Å². The van der Waals surface area contributed by atoms with E-state index in [4.69, 9.17) is 5.26 Å². The molecule has 2 rings (SSSR count). The number of hydrogen-bond donors (Lipinski definition) is 1. The first-order valence-electron chi connectivity index (χ1n) is 6.50. The molecule has 0 unspecified atom stereocenters. The zero-order valence-electron chi connectivity index (χ0n) is 10.5. The Hall–Kier alpha value is -1.33. The average Bonchev–Trinajstić information content (AvgIpc) is 3.14. The molecule has 17 heavy (non-hydrogen) atoms. The lowest BCUT2D eigenvalue weighted by Gasteiger charge is -2.07. The van der Waals surface area contributed by atoms with Gasteiger partial charge in [-0.05, 0) is 55.5 Å². The summed E-state index contributed by atoms with van der Waals surface area (Å²) in [6.45, 7) is 4.10. The van der Waals surface area contributed by atoms with Crippen molar-refractivity contribution in [1.82, 2.24) is 5.32 Å². The highest BCUT2D eigenvalue weighted by Crippen LogP contribution is 2.33. The van der Waals surface area contributed by atoms with Crippen molar-refractivity contribution in [2.24, 2.45) is 5.92 Å². The fraction of sp³-hybridized carbons (Fsp3) is 0.533. The molecule has 1 N–H and O–H groups in total. The van der Waals surface area contributed by atoms with E-state index in [1.807, 2.05) is 12.1 Å². The van der Waals surface area contributed by atoms with E-state index in [1.54, 1.807) is 0 Å². The Morgan fingerprint density at radius 2 is 2.24 bits per heavy atom. The van der Waals surface area contributed by atoms with Crippen LogP contribution in [-0.4, -0.2) is 6.54 Å². The molecule has 1 saturated carbocycles. The van der Waals surface area contributed by atoms with Crippen molar-refractivity contribution in [3.05, 3.63) is 34.9 Å². The maximum absolute atomic E-state index is 8.79. The third-order valence-corrected chi connectivity index (χ3v) is 3.45. The molecule has 0 spiro atoms. The van der Waals surface area contributed by atoms with Crippen LogP contribution in [0.2, 0.25) is 0 Å². The number of aryl methyl sites for hydroxylation is 1. The lowest BCUT2D eigenvalue weighted by molar-refractivity contribution is 0.593. The molecule has 0 atom stereocenters. The van der Waals surface area contributed by atoms with Crippen molar-refractivity contribution < 1.29 is 0 Å². The molecule has 2 heteroatoms. The zero-order valence-corrected chi connectivity index (χ0v) is 10.5. The van der Waals surface area contributed by atoms with Crippen molar-refractivity contribution in [3.8, 4) is 6.07 Å². The molecule has 1 aromatic rings. The van der Waals surface area contributed by atoms with Crippen molar-refractivity contribution in [2.75, 3.05) is 6.54 Å². The summed E-state index contributed by atoms with van der Waals surface area (Å²) in [5, 5.41) is 12.3. The van der Waals surface area contributed by atoms with Crippen LogP contribution in [0.3, 0.4) is 0 Å². The molecule has 90 valence electrons. The smallest absolute Gasteiger partial charge is 0.0991 e. The topological polar surface area (TPSA) is 35.8 Å². The Kier molecular flexibility index (Phi) is 4.17. The molecule has 2 nitrogen and oxygen atoms in total. The van der Waals surface area contributed by atoms with Crippen LogP contribution in [0.15, 0.2) is 18.2 Å². The van der Waals surface area contributed by atoms with E-state index in [2.05, 4.69) is 24.4 Å². The third kappa shape index (κ3) is 3.87. The summed E-state index contributed by atoms with van der Waals surface area (Å²) in [7, 11) is 0. The number of nitrogens with one attached hydrogen (secondary N) is 1. The number of benzene rings is 1. The first kappa shape index (κ1) is 12.1. The number of nitriles is 1. The second-order valence-electron chi connectivity index (χ2n) is 5.02. The van der Waals surface area contributed by atoms with Crippen LogP contribution in [0.1, 0.15) is 42.4 Å². The van der Waals surface area contributed by atoms with Gasteiger partial charge in [0, 0.05) is 6.54 Å². The predicted molar refractivity (Wildman–Crippen MR) is 69.6 cm³/mol. The van der Waals surface area contributed by atoms with Crippen LogP contribution in [0.4, 0.5) is 0 Å². The standard InChI is InChI=1S/C15H20N2/c1-12-9-14(10-16)6-7-15(12)11-17-8-2-3-13-4-5-13/h6-7,9,13,17H,2-5,8,11H2,1H3. The monoisotopic (exact) mass is 228 g/mol. The summed E-state index contributed by atoms with van der Waals surface area (Å²) in [6.07, 6.45) is 5.59. The van der Waals surface area contributed by atoms with Crippen molar-refractivity contribution in [2.45, 2.75) is 39.2 Å². The highest BCUT2D eigenvalue weighted by molar-refractivity contribution is 5.37. The van der Waals surface area contributed by atoms with Crippen molar-refractivity contribution in [1.29, 1.82) is 5.26 Å². The summed E-state index contributed by atoms with van der Waals surface area (Å²) in [6, 6.07) is 8.08. The van der Waals surface area contributed by atoms with Gasteiger partial charge in [-0.15, -0.1) is 0 Å². The molecule has 0 radical (unpaired) electrons. The first-order chi connectivity index (χ1) is 8.29. The minimum Gasteiger partial charge on any atom is -0.313 e. The van der Waals surface area contributed by atoms with Gasteiger partial charge in [-0.1, -0.05) is 18.9 Å². The Balaban J connectivity index is 1.72. The second-order valence-corrected chi connectivity index (χ2v) is 5.02. The lowest BCUT2D eigenvalue weighted by Crippen LogP contribution is -2.15. The van der Waals surface area contributed by atoms with E-state index < -0.39 is 0 Å². The second kappa shape index (κ2) is 5.84. The van der Waals surface area contributed by atoms with Gasteiger partial charge in [0.25, 0.3) is 0 Å². The molecule has 0 aromatic heterocycles. The van der Waals surface area contributed by atoms with Crippen LogP contribution in [-0.2, 0) is 6.54 Å². The molecular formula is C15H20N2. The van der Waals surface area contributed by atoms with E-state index in [-0.39, 0.29) is 0 Å². The van der Waals surface area contributed by atoms with E-state index in [0.717, 1.165) is 24.6 Å². The molecule has 1 aliphatic carbocycles. The van der Waals surface area contributed by atoms with Gasteiger partial charge in [-0.2, -0.15) is 5.26 Å². The first-order valence-corrected chi connectivity index (χ1v) is 6.50. The highest BCUT2D eigenvalue weighted by Gasteiger charge is 2.19. The number of hydrogen-bond acceptors (Lipinski definition) is 2. The van der Waals surface area contributed by atoms with Gasteiger partial charge >= 0.3 is 0 Å². The molecule has 0 amide bonds. The maximum Gasteiger partial charge on any atom is 0.0991 e. The average molecular weight is 228 g/mol. The molecule has 0 aliphatic heterocycles. The minimum atomic E-state index is 0.750. The highest BCUT2D eigenvalue weighted by atomic mass is 14.8. The molecule has 0 bridgehead atoms. The Bertz CT molecular complexity index is 413. The maximum atomic E-state index is 8.79. The van der Waals surface area contributed by atoms with Gasteiger partial charge in [-0.3, -0.25) is 0 Å². The van der Waals surface area contributed by atoms with E-state index in [1.165, 1.54) is 36.8 Å². The largest absolute Gasteiger partial charge is 0.313 e. The number of nitrogens with zero attached hydrogens (tertiary/aromatic N) is 1. The van der Waals surface area contributed by atoms with Gasteiger partial charge in [0.05, 0.1) is 11.6 Å². The van der Waals surface area contributed by atoms with Gasteiger partial charge in [0.2, 0.25) is 0 Å². The summed E-state index contributed by atoms with van der Waals surface area (Å²) < 4.78 is 0. The van der Waals surface area contributed by atoms with Crippen LogP contribution < -0.4 is 5.32 Å². The van der Waals surface area contributed by atoms with Crippen LogP contribution in [0.5, 0.6) is 0 Å². The van der Waals surface area contributed by atoms with E-state index in [9.17, 15) is 0 Å². The molecule has 1 aromatic carbocycles. The third-order valence-electron chi connectivity index (χ3n) is 3.45. The summed E-state index contributed by atoms with van der Waals surface area (Å²) in [5.41, 5.74) is 3.26. The predicted octanol–water partition coefficient (Wildman–Crippen LogP) is 3.15. The fourth-order valence-electron chi connectivity index (χ4n) is 2.11. The molecule has 0 saturated heterocycles. The van der Waals surface area contributed by atoms with E-state index >= 15 is 0 Å².